The molecule has 1 heterocycles. The fourth-order valence-electron chi connectivity index (χ4n) is 3.39. The molecule has 4 nitrogen and oxygen atoms in total. The van der Waals surface area contributed by atoms with Crippen molar-refractivity contribution in [3.8, 4) is 11.3 Å². The molecule has 0 aliphatic carbocycles. The van der Waals surface area contributed by atoms with Gasteiger partial charge in [-0.15, -0.1) is 0 Å². The molecule has 0 aliphatic heterocycles. The number of nitrogens with one attached hydrogen (secondary N) is 1. The van der Waals surface area contributed by atoms with Gasteiger partial charge in [-0.25, -0.2) is 4.39 Å². The van der Waals surface area contributed by atoms with Crippen LogP contribution in [0.2, 0.25) is 0 Å². The number of carbonyl (C=O) groups is 1. The monoisotopic (exact) mass is 400 g/mol. The van der Waals surface area contributed by atoms with Crippen LogP contribution in [0.15, 0.2) is 95.5 Å². The molecule has 0 spiro atoms. The normalized spacial score (nSPS) is 10.9. The van der Waals surface area contributed by atoms with Crippen molar-refractivity contribution >= 4 is 5.91 Å². The van der Waals surface area contributed by atoms with Crippen molar-refractivity contribution in [2.24, 2.45) is 0 Å². The molecular formula is C25H21FN2O2. The van der Waals surface area contributed by atoms with E-state index in [9.17, 15) is 9.18 Å². The number of hydrogen-bond donors (Lipinski definition) is 1. The predicted octanol–water partition coefficient (Wildman–Crippen LogP) is 5.32. The van der Waals surface area contributed by atoms with Gasteiger partial charge in [-0.05, 0) is 35.4 Å². The number of aromatic nitrogens is 1. The van der Waals surface area contributed by atoms with Gasteiger partial charge < -0.3 is 9.84 Å². The van der Waals surface area contributed by atoms with Crippen molar-refractivity contribution in [3.05, 3.63) is 114 Å². The molecule has 4 aromatic rings. The highest BCUT2D eigenvalue weighted by Crippen LogP contribution is 2.28. The molecular weight excluding hydrogens is 379 g/mol. The predicted molar refractivity (Wildman–Crippen MR) is 113 cm³/mol. The molecule has 30 heavy (non-hydrogen) atoms. The van der Waals surface area contributed by atoms with Crippen LogP contribution in [0.1, 0.15) is 29.2 Å². The van der Waals surface area contributed by atoms with E-state index in [1.807, 2.05) is 60.7 Å². The minimum atomic E-state index is -0.308. The molecule has 1 amide bonds. The lowest BCUT2D eigenvalue weighted by atomic mass is 9.88. The molecule has 3 aromatic carbocycles. The van der Waals surface area contributed by atoms with Crippen molar-refractivity contribution in [3.63, 3.8) is 0 Å². The van der Waals surface area contributed by atoms with Crippen LogP contribution in [0.5, 0.6) is 0 Å². The zero-order valence-electron chi connectivity index (χ0n) is 16.3. The summed E-state index contributed by atoms with van der Waals surface area (Å²) in [5.41, 5.74) is 3.53. The van der Waals surface area contributed by atoms with Gasteiger partial charge in [0, 0.05) is 24.0 Å². The van der Waals surface area contributed by atoms with Crippen molar-refractivity contribution in [1.82, 2.24) is 10.5 Å². The number of amides is 1. The van der Waals surface area contributed by atoms with Gasteiger partial charge in [-0.1, -0.05) is 65.8 Å². The molecule has 0 aliphatic rings. The highest BCUT2D eigenvalue weighted by molar-refractivity contribution is 5.77. The number of carbonyl (C=O) groups excluding carboxylic acids is 1. The van der Waals surface area contributed by atoms with Crippen molar-refractivity contribution in [1.29, 1.82) is 0 Å². The zero-order chi connectivity index (χ0) is 20.8. The number of nitrogens with zero attached hydrogens (tertiary/aromatic N) is 1. The van der Waals surface area contributed by atoms with Gasteiger partial charge in [0.1, 0.15) is 11.5 Å². The molecule has 0 saturated heterocycles. The minimum absolute atomic E-state index is 0.0283. The summed E-state index contributed by atoms with van der Waals surface area (Å²) in [5, 5.41) is 6.92. The van der Waals surface area contributed by atoms with Crippen LogP contribution in [0.3, 0.4) is 0 Å². The Morgan fingerprint density at radius 2 is 1.50 bits per heavy atom. The van der Waals surface area contributed by atoms with Gasteiger partial charge in [0.05, 0.1) is 6.54 Å². The maximum atomic E-state index is 13.1. The summed E-state index contributed by atoms with van der Waals surface area (Å²) in [5.74, 6) is 0.126. The quantitative estimate of drug-likeness (QED) is 0.457. The molecule has 0 atom stereocenters. The van der Waals surface area contributed by atoms with E-state index >= 15 is 0 Å². The van der Waals surface area contributed by atoms with Crippen molar-refractivity contribution in [2.45, 2.75) is 18.9 Å². The summed E-state index contributed by atoms with van der Waals surface area (Å²) in [6.45, 7) is 0.264. The summed E-state index contributed by atoms with van der Waals surface area (Å²) in [6.07, 6.45) is 0.330. The Morgan fingerprint density at radius 3 is 2.10 bits per heavy atom. The lowest BCUT2D eigenvalue weighted by Gasteiger charge is -2.17. The highest BCUT2D eigenvalue weighted by Gasteiger charge is 2.18. The van der Waals surface area contributed by atoms with E-state index in [0.29, 0.717) is 17.9 Å². The first-order valence-electron chi connectivity index (χ1n) is 9.77. The first-order chi connectivity index (χ1) is 14.7. The van der Waals surface area contributed by atoms with Crippen LogP contribution >= 0.6 is 0 Å². The third-order valence-electron chi connectivity index (χ3n) is 4.95. The summed E-state index contributed by atoms with van der Waals surface area (Å²) < 4.78 is 18.4. The molecule has 0 fully saturated rings. The molecule has 1 N–H and O–H groups in total. The number of hydrogen-bond acceptors (Lipinski definition) is 3. The van der Waals surface area contributed by atoms with Crippen LogP contribution < -0.4 is 5.32 Å². The Labute approximate surface area is 174 Å². The van der Waals surface area contributed by atoms with Crippen molar-refractivity contribution in [2.75, 3.05) is 0 Å². The summed E-state index contributed by atoms with van der Waals surface area (Å²) >= 11 is 0. The Hall–Kier alpha value is -3.73. The van der Waals surface area contributed by atoms with Gasteiger partial charge in [0.2, 0.25) is 5.91 Å². The van der Waals surface area contributed by atoms with Crippen molar-refractivity contribution < 1.29 is 13.7 Å². The largest absolute Gasteiger partial charge is 0.356 e. The highest BCUT2D eigenvalue weighted by atomic mass is 19.1. The second kappa shape index (κ2) is 9.18. The third kappa shape index (κ3) is 4.81. The molecule has 0 bridgehead atoms. The minimum Gasteiger partial charge on any atom is -0.356 e. The Bertz CT molecular complexity index is 1050. The number of benzene rings is 3. The maximum Gasteiger partial charge on any atom is 0.221 e. The van der Waals surface area contributed by atoms with Crippen LogP contribution in [0.25, 0.3) is 11.3 Å². The second-order valence-electron chi connectivity index (χ2n) is 7.04. The lowest BCUT2D eigenvalue weighted by Crippen LogP contribution is -2.25. The molecule has 0 saturated carbocycles. The van der Waals surface area contributed by atoms with E-state index in [1.165, 1.54) is 12.1 Å². The SMILES string of the molecule is O=C(CC(c1ccccc1)c1ccccc1)NCc1cc(-c2ccc(F)cc2)on1. The number of rotatable bonds is 7. The van der Waals surface area contributed by atoms with E-state index in [0.717, 1.165) is 16.7 Å². The second-order valence-corrected chi connectivity index (χ2v) is 7.04. The smallest absolute Gasteiger partial charge is 0.221 e. The van der Waals surface area contributed by atoms with E-state index in [2.05, 4.69) is 10.5 Å². The maximum absolute atomic E-state index is 13.1. The van der Waals surface area contributed by atoms with Crippen LogP contribution in [-0.2, 0) is 11.3 Å². The van der Waals surface area contributed by atoms with E-state index < -0.39 is 0 Å². The summed E-state index contributed by atoms with van der Waals surface area (Å²) in [7, 11) is 0. The van der Waals surface area contributed by atoms with Gasteiger partial charge >= 0.3 is 0 Å². The average molecular weight is 400 g/mol. The fraction of sp³-hybridized carbons (Fsp3) is 0.120. The molecule has 5 heteroatoms. The van der Waals surface area contributed by atoms with Gasteiger partial charge in [-0.2, -0.15) is 0 Å². The molecule has 4 rings (SSSR count). The summed E-state index contributed by atoms with van der Waals surface area (Å²) in [4.78, 5) is 12.7. The fourth-order valence-corrected chi connectivity index (χ4v) is 3.39. The van der Waals surface area contributed by atoms with E-state index in [4.69, 9.17) is 4.52 Å². The Morgan fingerprint density at radius 1 is 0.900 bits per heavy atom. The van der Waals surface area contributed by atoms with E-state index in [1.54, 1.807) is 18.2 Å². The first-order valence-corrected chi connectivity index (χ1v) is 9.77. The summed E-state index contributed by atoms with van der Waals surface area (Å²) in [6, 6.07) is 27.8. The first kappa shape index (κ1) is 19.6. The van der Waals surface area contributed by atoms with Crippen LogP contribution in [0, 0.1) is 5.82 Å². The molecule has 1 aromatic heterocycles. The van der Waals surface area contributed by atoms with E-state index in [-0.39, 0.29) is 24.2 Å². The van der Waals surface area contributed by atoms with Crippen LogP contribution in [0.4, 0.5) is 4.39 Å². The standard InChI is InChI=1S/C25H21FN2O2/c26-21-13-11-20(12-14-21)24-15-22(28-30-24)17-27-25(29)16-23(18-7-3-1-4-8-18)19-9-5-2-6-10-19/h1-15,23H,16-17H2,(H,27,29). The Kier molecular flexibility index (Phi) is 5.99. The topological polar surface area (TPSA) is 55.1 Å². The van der Waals surface area contributed by atoms with Gasteiger partial charge in [0.25, 0.3) is 0 Å². The number of halogens is 1. The molecule has 150 valence electrons. The van der Waals surface area contributed by atoms with Gasteiger partial charge in [0.15, 0.2) is 5.76 Å². The van der Waals surface area contributed by atoms with Gasteiger partial charge in [-0.3, -0.25) is 4.79 Å². The van der Waals surface area contributed by atoms with Crippen LogP contribution in [-0.4, -0.2) is 11.1 Å². The Balaban J connectivity index is 1.41. The molecule has 0 unspecified atom stereocenters. The third-order valence-corrected chi connectivity index (χ3v) is 4.95. The average Bonchev–Trinajstić information content (AvgIpc) is 3.27. The molecule has 0 radical (unpaired) electrons. The zero-order valence-corrected chi connectivity index (χ0v) is 16.3. The lowest BCUT2D eigenvalue weighted by molar-refractivity contribution is -0.121.